The fourth-order valence-electron chi connectivity index (χ4n) is 2.76. The Morgan fingerprint density at radius 1 is 1.26 bits per heavy atom. The summed E-state index contributed by atoms with van der Waals surface area (Å²) in [5.41, 5.74) is -1.62. The SMILES string of the molecule is Cc1nn([C@@H](C)C(=O)Nc2ccccc2C(F)(F)F)c(=O)c2noc(C)c12. The number of nitrogens with zero attached hydrogens (tertiary/aromatic N) is 3. The molecule has 3 rings (SSSR count). The fourth-order valence-corrected chi connectivity index (χ4v) is 2.76. The summed E-state index contributed by atoms with van der Waals surface area (Å²) in [4.78, 5) is 25.0. The van der Waals surface area contributed by atoms with Crippen molar-refractivity contribution in [1.82, 2.24) is 14.9 Å². The van der Waals surface area contributed by atoms with Gasteiger partial charge in [0.25, 0.3) is 5.56 Å². The first-order valence-corrected chi connectivity index (χ1v) is 7.93. The van der Waals surface area contributed by atoms with Crippen LogP contribution in [0.25, 0.3) is 10.9 Å². The monoisotopic (exact) mass is 380 g/mol. The van der Waals surface area contributed by atoms with Gasteiger partial charge >= 0.3 is 6.18 Å². The van der Waals surface area contributed by atoms with Crippen LogP contribution in [-0.4, -0.2) is 20.8 Å². The molecule has 2 heterocycles. The Labute approximate surface area is 150 Å². The molecule has 1 atom stereocenters. The van der Waals surface area contributed by atoms with E-state index in [0.29, 0.717) is 16.8 Å². The molecule has 1 aromatic carbocycles. The Kier molecular flexibility index (Phi) is 4.50. The van der Waals surface area contributed by atoms with Crippen LogP contribution in [0.1, 0.15) is 30.0 Å². The molecule has 7 nitrogen and oxygen atoms in total. The minimum Gasteiger partial charge on any atom is -0.360 e. The van der Waals surface area contributed by atoms with E-state index < -0.39 is 34.9 Å². The molecular weight excluding hydrogens is 365 g/mol. The molecule has 1 amide bonds. The Hall–Kier alpha value is -3.17. The highest BCUT2D eigenvalue weighted by molar-refractivity contribution is 5.94. The van der Waals surface area contributed by atoms with Gasteiger partial charge in [0.1, 0.15) is 11.8 Å². The van der Waals surface area contributed by atoms with Crippen molar-refractivity contribution < 1.29 is 22.5 Å². The zero-order valence-corrected chi connectivity index (χ0v) is 14.6. The van der Waals surface area contributed by atoms with Crippen LogP contribution in [0.2, 0.25) is 0 Å². The molecular formula is C17H15F3N4O3. The third-order valence-corrected chi connectivity index (χ3v) is 4.13. The van der Waals surface area contributed by atoms with E-state index in [2.05, 4.69) is 15.6 Å². The third kappa shape index (κ3) is 3.29. The predicted molar refractivity (Wildman–Crippen MR) is 90.3 cm³/mol. The summed E-state index contributed by atoms with van der Waals surface area (Å²) in [6, 6.07) is 3.42. The second-order valence-corrected chi connectivity index (χ2v) is 6.01. The molecule has 0 bridgehead atoms. The lowest BCUT2D eigenvalue weighted by Gasteiger charge is -2.17. The lowest BCUT2D eigenvalue weighted by molar-refractivity contribution is -0.137. The van der Waals surface area contributed by atoms with E-state index in [9.17, 15) is 22.8 Å². The van der Waals surface area contributed by atoms with Crippen molar-refractivity contribution in [3.63, 3.8) is 0 Å². The molecule has 10 heteroatoms. The zero-order chi connectivity index (χ0) is 19.9. The zero-order valence-electron chi connectivity index (χ0n) is 14.6. The molecule has 0 spiro atoms. The molecule has 0 aliphatic rings. The van der Waals surface area contributed by atoms with Crippen LogP contribution in [0.3, 0.4) is 0 Å². The van der Waals surface area contributed by atoms with Crippen molar-refractivity contribution in [1.29, 1.82) is 0 Å². The highest BCUT2D eigenvalue weighted by Gasteiger charge is 2.34. The summed E-state index contributed by atoms with van der Waals surface area (Å²) in [6.45, 7) is 4.60. The Morgan fingerprint density at radius 3 is 2.59 bits per heavy atom. The highest BCUT2D eigenvalue weighted by Crippen LogP contribution is 2.34. The summed E-state index contributed by atoms with van der Waals surface area (Å²) < 4.78 is 45.1. The molecule has 0 saturated carbocycles. The smallest absolute Gasteiger partial charge is 0.360 e. The van der Waals surface area contributed by atoms with E-state index in [0.717, 1.165) is 16.8 Å². The van der Waals surface area contributed by atoms with Crippen molar-refractivity contribution in [3.8, 4) is 0 Å². The number of amides is 1. The minimum atomic E-state index is -4.63. The quantitative estimate of drug-likeness (QED) is 0.754. The molecule has 0 aliphatic heterocycles. The maximum absolute atomic E-state index is 13.1. The van der Waals surface area contributed by atoms with Gasteiger partial charge in [-0.05, 0) is 32.9 Å². The average molecular weight is 380 g/mol. The van der Waals surface area contributed by atoms with E-state index in [-0.39, 0.29) is 5.52 Å². The van der Waals surface area contributed by atoms with Gasteiger partial charge in [-0.3, -0.25) is 9.59 Å². The first kappa shape index (κ1) is 18.6. The van der Waals surface area contributed by atoms with Crippen LogP contribution < -0.4 is 10.9 Å². The van der Waals surface area contributed by atoms with E-state index >= 15 is 0 Å². The summed E-state index contributed by atoms with van der Waals surface area (Å²) >= 11 is 0. The van der Waals surface area contributed by atoms with Crippen molar-refractivity contribution in [2.24, 2.45) is 0 Å². The van der Waals surface area contributed by atoms with Crippen LogP contribution in [0.4, 0.5) is 18.9 Å². The number of aromatic nitrogens is 3. The number of benzene rings is 1. The van der Waals surface area contributed by atoms with Gasteiger partial charge in [0.05, 0.1) is 22.3 Å². The number of rotatable bonds is 3. The van der Waals surface area contributed by atoms with Gasteiger partial charge in [-0.1, -0.05) is 17.3 Å². The second-order valence-electron chi connectivity index (χ2n) is 6.01. The van der Waals surface area contributed by atoms with Crippen molar-refractivity contribution >= 4 is 22.5 Å². The number of para-hydroxylation sites is 1. The number of alkyl halides is 3. The van der Waals surface area contributed by atoms with Crippen LogP contribution in [0.15, 0.2) is 33.6 Å². The number of carbonyl (C=O) groups is 1. The number of aryl methyl sites for hydroxylation is 2. The van der Waals surface area contributed by atoms with Crippen LogP contribution in [0, 0.1) is 13.8 Å². The number of hydrogen-bond acceptors (Lipinski definition) is 5. The molecule has 2 aromatic heterocycles. The molecule has 0 saturated heterocycles. The van der Waals surface area contributed by atoms with Gasteiger partial charge in [0, 0.05) is 0 Å². The third-order valence-electron chi connectivity index (χ3n) is 4.13. The molecule has 0 fully saturated rings. The number of hydrogen-bond donors (Lipinski definition) is 1. The number of halogens is 3. The van der Waals surface area contributed by atoms with Crippen LogP contribution in [0.5, 0.6) is 0 Å². The largest absolute Gasteiger partial charge is 0.418 e. The van der Waals surface area contributed by atoms with Gasteiger partial charge in [-0.2, -0.15) is 18.3 Å². The molecule has 142 valence electrons. The van der Waals surface area contributed by atoms with Gasteiger partial charge in [-0.15, -0.1) is 0 Å². The van der Waals surface area contributed by atoms with Crippen LogP contribution in [-0.2, 0) is 11.0 Å². The molecule has 27 heavy (non-hydrogen) atoms. The number of anilines is 1. The molecule has 1 N–H and O–H groups in total. The van der Waals surface area contributed by atoms with Gasteiger partial charge in [0.15, 0.2) is 5.52 Å². The first-order chi connectivity index (χ1) is 12.6. The lowest BCUT2D eigenvalue weighted by atomic mass is 10.1. The van der Waals surface area contributed by atoms with E-state index in [1.807, 2.05) is 0 Å². The lowest BCUT2D eigenvalue weighted by Crippen LogP contribution is -2.34. The normalized spacial score (nSPS) is 13.0. The van der Waals surface area contributed by atoms with Crippen molar-refractivity contribution in [2.45, 2.75) is 33.0 Å². The van der Waals surface area contributed by atoms with E-state index in [1.54, 1.807) is 13.8 Å². The van der Waals surface area contributed by atoms with Crippen molar-refractivity contribution in [2.75, 3.05) is 5.32 Å². The second kappa shape index (κ2) is 6.53. The van der Waals surface area contributed by atoms with E-state index in [4.69, 9.17) is 4.52 Å². The standard InChI is InChI=1S/C17H15F3N4O3/c1-8-13-10(3)27-23-14(13)16(26)24(22-8)9(2)15(25)21-12-7-5-4-6-11(12)17(18,19)20/h4-7,9H,1-3H3,(H,21,25)/t9-/m0/s1. The van der Waals surface area contributed by atoms with Gasteiger partial charge < -0.3 is 9.84 Å². The number of carbonyl (C=O) groups excluding carboxylic acids is 1. The summed E-state index contributed by atoms with van der Waals surface area (Å²) in [5, 5.41) is 10.4. The summed E-state index contributed by atoms with van der Waals surface area (Å²) in [6.07, 6.45) is -4.63. The Balaban J connectivity index is 1.97. The van der Waals surface area contributed by atoms with Crippen LogP contribution >= 0.6 is 0 Å². The summed E-state index contributed by atoms with van der Waals surface area (Å²) in [7, 11) is 0. The molecule has 3 aromatic rings. The molecule has 0 unspecified atom stereocenters. The Bertz CT molecular complexity index is 1090. The fraction of sp³-hybridized carbons (Fsp3) is 0.294. The maximum atomic E-state index is 13.1. The highest BCUT2D eigenvalue weighted by atomic mass is 19.4. The minimum absolute atomic E-state index is 0.00958. The summed E-state index contributed by atoms with van der Waals surface area (Å²) in [5.74, 6) is -0.407. The van der Waals surface area contributed by atoms with Crippen molar-refractivity contribution in [3.05, 3.63) is 51.6 Å². The first-order valence-electron chi connectivity index (χ1n) is 7.93. The topological polar surface area (TPSA) is 90.0 Å². The maximum Gasteiger partial charge on any atom is 0.418 e. The molecule has 0 radical (unpaired) electrons. The number of fused-ring (bicyclic) bond motifs is 1. The van der Waals surface area contributed by atoms with Gasteiger partial charge in [0.2, 0.25) is 5.91 Å². The van der Waals surface area contributed by atoms with Gasteiger partial charge in [-0.25, -0.2) is 4.68 Å². The molecule has 0 aliphatic carbocycles. The number of nitrogens with one attached hydrogen (secondary N) is 1. The Morgan fingerprint density at radius 2 is 1.93 bits per heavy atom. The predicted octanol–water partition coefficient (Wildman–Crippen LogP) is 3.22. The average Bonchev–Trinajstić information content (AvgIpc) is 2.99. The van der Waals surface area contributed by atoms with E-state index in [1.165, 1.54) is 19.1 Å².